The Hall–Kier alpha value is -1.04. The second-order valence-electron chi connectivity index (χ2n) is 3.25. The fraction of sp³-hybridized carbons (Fsp3) is 0.500. The van der Waals surface area contributed by atoms with Crippen LogP contribution in [-0.2, 0) is 11.2 Å². The SMILES string of the molecule is CC(C)n1nc(CC(=O)O)c(Br)c1N. The molecule has 78 valence electrons. The lowest BCUT2D eigenvalue weighted by Gasteiger charge is -2.06. The number of carboxylic acid groups (broad SMARTS) is 1. The molecule has 1 aromatic heterocycles. The van der Waals surface area contributed by atoms with E-state index in [9.17, 15) is 4.79 Å². The fourth-order valence-corrected chi connectivity index (χ4v) is 1.53. The van der Waals surface area contributed by atoms with E-state index in [2.05, 4.69) is 21.0 Å². The molecule has 0 aliphatic heterocycles. The number of aliphatic carboxylic acids is 1. The van der Waals surface area contributed by atoms with E-state index < -0.39 is 5.97 Å². The van der Waals surface area contributed by atoms with Gasteiger partial charge in [0.15, 0.2) is 0 Å². The third kappa shape index (κ3) is 2.06. The molecule has 0 bridgehead atoms. The first kappa shape index (κ1) is 11.0. The maximum absolute atomic E-state index is 10.5. The van der Waals surface area contributed by atoms with Crippen LogP contribution >= 0.6 is 15.9 Å². The van der Waals surface area contributed by atoms with Gasteiger partial charge in [0.1, 0.15) is 5.82 Å². The second kappa shape index (κ2) is 4.00. The molecular weight excluding hydrogens is 250 g/mol. The van der Waals surface area contributed by atoms with Crippen molar-refractivity contribution in [3.8, 4) is 0 Å². The molecule has 0 saturated carbocycles. The number of halogens is 1. The number of carbonyl (C=O) groups is 1. The van der Waals surface area contributed by atoms with Crippen molar-refractivity contribution in [2.24, 2.45) is 0 Å². The number of rotatable bonds is 3. The Kier molecular flexibility index (Phi) is 3.15. The highest BCUT2D eigenvalue weighted by molar-refractivity contribution is 9.10. The largest absolute Gasteiger partial charge is 0.481 e. The van der Waals surface area contributed by atoms with E-state index in [-0.39, 0.29) is 12.5 Å². The summed E-state index contributed by atoms with van der Waals surface area (Å²) in [6.45, 7) is 3.86. The van der Waals surface area contributed by atoms with Crippen LogP contribution in [0.4, 0.5) is 5.82 Å². The van der Waals surface area contributed by atoms with Gasteiger partial charge in [0.25, 0.3) is 0 Å². The van der Waals surface area contributed by atoms with E-state index >= 15 is 0 Å². The number of aromatic nitrogens is 2. The van der Waals surface area contributed by atoms with E-state index in [1.165, 1.54) is 0 Å². The molecule has 14 heavy (non-hydrogen) atoms. The summed E-state index contributed by atoms with van der Waals surface area (Å²) in [5, 5.41) is 12.7. The summed E-state index contributed by atoms with van der Waals surface area (Å²) in [5.74, 6) is -0.449. The predicted molar refractivity (Wildman–Crippen MR) is 56.1 cm³/mol. The summed E-state index contributed by atoms with van der Waals surface area (Å²) in [6.07, 6.45) is -0.121. The minimum Gasteiger partial charge on any atom is -0.481 e. The maximum Gasteiger partial charge on any atom is 0.309 e. The van der Waals surface area contributed by atoms with E-state index in [1.807, 2.05) is 13.8 Å². The second-order valence-corrected chi connectivity index (χ2v) is 4.05. The Bertz CT molecular complexity index is 360. The van der Waals surface area contributed by atoms with Crippen molar-refractivity contribution in [3.05, 3.63) is 10.2 Å². The van der Waals surface area contributed by atoms with Gasteiger partial charge in [-0.05, 0) is 29.8 Å². The van der Waals surface area contributed by atoms with Gasteiger partial charge in [-0.1, -0.05) is 0 Å². The number of hydrogen-bond donors (Lipinski definition) is 2. The monoisotopic (exact) mass is 261 g/mol. The van der Waals surface area contributed by atoms with Gasteiger partial charge in [0.2, 0.25) is 0 Å². The first-order valence-corrected chi connectivity index (χ1v) is 4.97. The normalized spacial score (nSPS) is 10.9. The molecule has 0 fully saturated rings. The Morgan fingerprint density at radius 1 is 1.71 bits per heavy atom. The van der Waals surface area contributed by atoms with Crippen LogP contribution in [-0.4, -0.2) is 20.9 Å². The average Bonchev–Trinajstić information content (AvgIpc) is 2.32. The van der Waals surface area contributed by atoms with Gasteiger partial charge < -0.3 is 10.8 Å². The van der Waals surface area contributed by atoms with Crippen LogP contribution in [0, 0.1) is 0 Å². The van der Waals surface area contributed by atoms with Crippen molar-refractivity contribution in [1.29, 1.82) is 0 Å². The van der Waals surface area contributed by atoms with Gasteiger partial charge in [0.05, 0.1) is 16.6 Å². The number of hydrogen-bond acceptors (Lipinski definition) is 3. The van der Waals surface area contributed by atoms with E-state index in [0.717, 1.165) is 0 Å². The van der Waals surface area contributed by atoms with Crippen molar-refractivity contribution in [3.63, 3.8) is 0 Å². The van der Waals surface area contributed by atoms with Gasteiger partial charge in [-0.2, -0.15) is 5.10 Å². The van der Waals surface area contributed by atoms with Gasteiger partial charge in [-0.3, -0.25) is 4.79 Å². The van der Waals surface area contributed by atoms with Crippen LogP contribution in [0.5, 0.6) is 0 Å². The van der Waals surface area contributed by atoms with Crippen LogP contribution < -0.4 is 5.73 Å². The Labute approximate surface area is 90.0 Å². The van der Waals surface area contributed by atoms with Crippen LogP contribution in [0.1, 0.15) is 25.6 Å². The predicted octanol–water partition coefficient (Wildman–Crippen LogP) is 1.44. The number of nitrogen functional groups attached to an aromatic ring is 1. The Morgan fingerprint density at radius 2 is 2.29 bits per heavy atom. The molecule has 0 aliphatic carbocycles. The number of carboxylic acids is 1. The van der Waals surface area contributed by atoms with E-state index in [1.54, 1.807) is 4.68 Å². The average molecular weight is 262 g/mol. The molecule has 0 aromatic carbocycles. The number of anilines is 1. The summed E-state index contributed by atoms with van der Waals surface area (Å²) in [5.41, 5.74) is 6.20. The van der Waals surface area contributed by atoms with Crippen LogP contribution in [0.2, 0.25) is 0 Å². The highest BCUT2D eigenvalue weighted by Crippen LogP contribution is 2.26. The highest BCUT2D eigenvalue weighted by atomic mass is 79.9. The summed E-state index contributed by atoms with van der Waals surface area (Å²) in [7, 11) is 0. The standard InChI is InChI=1S/C8H12BrN3O2/c1-4(2)12-8(10)7(9)5(11-12)3-6(13)14/h4H,3,10H2,1-2H3,(H,13,14). The minimum atomic E-state index is -0.917. The zero-order valence-corrected chi connectivity index (χ0v) is 9.58. The Balaban J connectivity index is 3.08. The van der Waals surface area contributed by atoms with E-state index in [4.69, 9.17) is 10.8 Å². The molecule has 1 rings (SSSR count). The zero-order chi connectivity index (χ0) is 10.9. The number of nitrogens with zero attached hydrogens (tertiary/aromatic N) is 2. The third-order valence-electron chi connectivity index (χ3n) is 1.76. The molecule has 0 spiro atoms. The van der Waals surface area contributed by atoms with Crippen molar-refractivity contribution in [2.45, 2.75) is 26.3 Å². The molecule has 0 aliphatic rings. The van der Waals surface area contributed by atoms with Gasteiger partial charge in [0, 0.05) is 6.04 Å². The molecule has 6 heteroatoms. The smallest absolute Gasteiger partial charge is 0.309 e. The van der Waals surface area contributed by atoms with Crippen molar-refractivity contribution >= 4 is 27.7 Å². The zero-order valence-electron chi connectivity index (χ0n) is 7.99. The molecule has 0 radical (unpaired) electrons. The molecule has 3 N–H and O–H groups in total. The molecule has 0 unspecified atom stereocenters. The lowest BCUT2D eigenvalue weighted by atomic mass is 10.3. The third-order valence-corrected chi connectivity index (χ3v) is 2.63. The van der Waals surface area contributed by atoms with Crippen molar-refractivity contribution in [2.75, 3.05) is 5.73 Å². The molecule has 0 amide bonds. The molecule has 0 saturated heterocycles. The van der Waals surface area contributed by atoms with Crippen LogP contribution in [0.25, 0.3) is 0 Å². The van der Waals surface area contributed by atoms with Gasteiger partial charge >= 0.3 is 5.97 Å². The minimum absolute atomic E-state index is 0.119. The first-order chi connectivity index (χ1) is 6.43. The van der Waals surface area contributed by atoms with Crippen molar-refractivity contribution < 1.29 is 9.90 Å². The topological polar surface area (TPSA) is 81.1 Å². The molecule has 1 heterocycles. The van der Waals surface area contributed by atoms with Crippen LogP contribution in [0.15, 0.2) is 4.47 Å². The first-order valence-electron chi connectivity index (χ1n) is 4.17. The molecule has 0 atom stereocenters. The van der Waals surface area contributed by atoms with Crippen molar-refractivity contribution in [1.82, 2.24) is 9.78 Å². The summed E-state index contributed by atoms with van der Waals surface area (Å²) in [4.78, 5) is 10.5. The number of nitrogens with two attached hydrogens (primary N) is 1. The summed E-state index contributed by atoms with van der Waals surface area (Å²) >= 11 is 3.23. The summed E-state index contributed by atoms with van der Waals surface area (Å²) in [6, 6.07) is 0.119. The summed E-state index contributed by atoms with van der Waals surface area (Å²) < 4.78 is 2.18. The van der Waals surface area contributed by atoms with Gasteiger partial charge in [-0.25, -0.2) is 4.68 Å². The van der Waals surface area contributed by atoms with Crippen LogP contribution in [0.3, 0.4) is 0 Å². The lowest BCUT2D eigenvalue weighted by Crippen LogP contribution is -2.07. The fourth-order valence-electron chi connectivity index (χ4n) is 1.13. The lowest BCUT2D eigenvalue weighted by molar-refractivity contribution is -0.136. The maximum atomic E-state index is 10.5. The Morgan fingerprint density at radius 3 is 2.64 bits per heavy atom. The molecule has 5 nitrogen and oxygen atoms in total. The highest BCUT2D eigenvalue weighted by Gasteiger charge is 2.16. The van der Waals surface area contributed by atoms with E-state index in [0.29, 0.717) is 16.0 Å². The van der Waals surface area contributed by atoms with Gasteiger partial charge in [-0.15, -0.1) is 0 Å². The molecular formula is C8H12BrN3O2. The molecule has 1 aromatic rings. The quantitative estimate of drug-likeness (QED) is 0.863.